The molecule has 0 aromatic carbocycles. The van der Waals surface area contributed by atoms with Crippen LogP contribution in [0.1, 0.15) is 47.0 Å². The number of unbranched alkanes of at least 4 members (excludes halogenated alkanes) is 2. The summed E-state index contributed by atoms with van der Waals surface area (Å²) in [6.45, 7) is 9.16. The van der Waals surface area contributed by atoms with Crippen molar-refractivity contribution in [1.29, 1.82) is 0 Å². The summed E-state index contributed by atoms with van der Waals surface area (Å²) >= 11 is 0. The average molecular weight is 206 g/mol. The fourth-order valence-electron chi connectivity index (χ4n) is 0.730. The lowest BCUT2D eigenvalue weighted by atomic mass is 10.2. The average Bonchev–Trinajstić information content (AvgIpc) is 2.11. The molecule has 0 saturated carbocycles. The molecule has 0 unspecified atom stereocenters. The highest BCUT2D eigenvalue weighted by Crippen LogP contribution is 2.07. The fraction of sp³-hybridized carbons (Fsp3) is 1.00. The smallest absolute Gasteiger partial charge is 0.0662 e. The quantitative estimate of drug-likeness (QED) is 0.676. The van der Waals surface area contributed by atoms with Crippen molar-refractivity contribution in [1.82, 2.24) is 0 Å². The van der Waals surface area contributed by atoms with Crippen LogP contribution in [0.25, 0.3) is 0 Å². The molecule has 0 aliphatic carbocycles. The van der Waals surface area contributed by atoms with Gasteiger partial charge in [-0.1, -0.05) is 19.8 Å². The Bertz CT molecular complexity index is 95.2. The van der Waals surface area contributed by atoms with Crippen LogP contribution in [0, 0.1) is 0 Å². The number of rotatable bonds is 5. The van der Waals surface area contributed by atoms with Gasteiger partial charge in [0.15, 0.2) is 0 Å². The Morgan fingerprint density at radius 2 is 1.50 bits per heavy atom. The number of aliphatic hydroxyl groups excluding tert-OH is 2. The zero-order valence-corrected chi connectivity index (χ0v) is 10.0. The van der Waals surface area contributed by atoms with Gasteiger partial charge in [-0.2, -0.15) is 0 Å². The molecule has 14 heavy (non-hydrogen) atoms. The van der Waals surface area contributed by atoms with E-state index in [1.54, 1.807) is 0 Å². The summed E-state index contributed by atoms with van der Waals surface area (Å²) in [5, 5.41) is 15.2. The second kappa shape index (κ2) is 11.0. The van der Waals surface area contributed by atoms with E-state index in [0.717, 1.165) is 6.61 Å². The van der Waals surface area contributed by atoms with Crippen LogP contribution in [0.3, 0.4) is 0 Å². The Kier molecular flexibility index (Phi) is 12.8. The van der Waals surface area contributed by atoms with Crippen LogP contribution in [-0.2, 0) is 4.74 Å². The lowest BCUT2D eigenvalue weighted by Crippen LogP contribution is -2.19. The van der Waals surface area contributed by atoms with Gasteiger partial charge in [0, 0.05) is 6.61 Å². The normalized spacial score (nSPS) is 10.7. The van der Waals surface area contributed by atoms with Crippen LogP contribution in [0.15, 0.2) is 0 Å². The van der Waals surface area contributed by atoms with Gasteiger partial charge < -0.3 is 14.9 Å². The first kappa shape index (κ1) is 16.3. The molecule has 0 aliphatic rings. The van der Waals surface area contributed by atoms with Crippen molar-refractivity contribution in [3.8, 4) is 0 Å². The Labute approximate surface area is 88.1 Å². The molecule has 0 amide bonds. The Hall–Kier alpha value is -0.120. The van der Waals surface area contributed by atoms with Crippen molar-refractivity contribution in [2.45, 2.75) is 52.6 Å². The predicted octanol–water partition coefficient (Wildman–Crippen LogP) is 1.96. The van der Waals surface area contributed by atoms with E-state index in [1.165, 1.54) is 19.3 Å². The zero-order valence-electron chi connectivity index (χ0n) is 10.0. The lowest BCUT2D eigenvalue weighted by Gasteiger charge is -2.19. The van der Waals surface area contributed by atoms with Crippen molar-refractivity contribution < 1.29 is 14.9 Å². The molecule has 0 bridgehead atoms. The topological polar surface area (TPSA) is 49.7 Å². The molecule has 0 heterocycles. The van der Waals surface area contributed by atoms with Crippen LogP contribution in [-0.4, -0.2) is 35.6 Å². The summed E-state index contributed by atoms with van der Waals surface area (Å²) < 4.78 is 5.53. The maximum atomic E-state index is 7.62. The highest BCUT2D eigenvalue weighted by molar-refractivity contribution is 4.58. The number of hydrogen-bond acceptors (Lipinski definition) is 3. The summed E-state index contributed by atoms with van der Waals surface area (Å²) in [6, 6.07) is 0. The molecule has 0 aliphatic heterocycles. The van der Waals surface area contributed by atoms with Gasteiger partial charge in [0.05, 0.1) is 18.8 Å². The fourth-order valence-corrected chi connectivity index (χ4v) is 0.730. The Balaban J connectivity index is 0. The first-order chi connectivity index (χ1) is 6.47. The SMILES string of the molecule is CCCCCOC(C)(C)C.OCCO. The van der Waals surface area contributed by atoms with Crippen LogP contribution < -0.4 is 0 Å². The lowest BCUT2D eigenvalue weighted by molar-refractivity contribution is -0.00460. The zero-order chi connectivity index (χ0) is 11.4. The van der Waals surface area contributed by atoms with E-state index in [2.05, 4.69) is 27.7 Å². The molecule has 0 rings (SSSR count). The van der Waals surface area contributed by atoms with Crippen LogP contribution in [0.4, 0.5) is 0 Å². The largest absolute Gasteiger partial charge is 0.394 e. The van der Waals surface area contributed by atoms with Crippen LogP contribution in [0.5, 0.6) is 0 Å². The molecule has 0 fully saturated rings. The van der Waals surface area contributed by atoms with Gasteiger partial charge in [-0.05, 0) is 27.2 Å². The van der Waals surface area contributed by atoms with Gasteiger partial charge in [-0.3, -0.25) is 0 Å². The molecule has 0 aromatic heterocycles. The molecule has 0 spiro atoms. The maximum Gasteiger partial charge on any atom is 0.0662 e. The standard InChI is InChI=1S/C9H20O.C2H6O2/c1-5-6-7-8-10-9(2,3)4;3-1-2-4/h5-8H2,1-4H3;3-4H,1-2H2. The van der Waals surface area contributed by atoms with Crippen LogP contribution >= 0.6 is 0 Å². The van der Waals surface area contributed by atoms with E-state index in [0.29, 0.717) is 0 Å². The molecule has 2 N–H and O–H groups in total. The van der Waals surface area contributed by atoms with E-state index in [9.17, 15) is 0 Å². The molecule has 0 saturated heterocycles. The monoisotopic (exact) mass is 206 g/mol. The Morgan fingerprint density at radius 3 is 1.79 bits per heavy atom. The highest BCUT2D eigenvalue weighted by Gasteiger charge is 2.08. The number of ether oxygens (including phenoxy) is 1. The summed E-state index contributed by atoms with van der Waals surface area (Å²) in [4.78, 5) is 0. The molecular formula is C11H26O3. The van der Waals surface area contributed by atoms with E-state index >= 15 is 0 Å². The first-order valence-electron chi connectivity index (χ1n) is 5.33. The maximum absolute atomic E-state index is 7.62. The molecule has 3 heteroatoms. The van der Waals surface area contributed by atoms with Crippen molar-refractivity contribution in [2.75, 3.05) is 19.8 Å². The molecule has 0 radical (unpaired) electrons. The minimum Gasteiger partial charge on any atom is -0.394 e. The molecule has 0 atom stereocenters. The second-order valence-corrected chi connectivity index (χ2v) is 4.12. The third-order valence-corrected chi connectivity index (χ3v) is 1.38. The van der Waals surface area contributed by atoms with Gasteiger partial charge in [0.1, 0.15) is 0 Å². The summed E-state index contributed by atoms with van der Waals surface area (Å²) in [5.74, 6) is 0. The van der Waals surface area contributed by atoms with Crippen molar-refractivity contribution in [3.05, 3.63) is 0 Å². The molecule has 0 aromatic rings. The molecule has 3 nitrogen and oxygen atoms in total. The minimum absolute atomic E-state index is 0.0493. The highest BCUT2D eigenvalue weighted by atomic mass is 16.5. The third kappa shape index (κ3) is 22.6. The van der Waals surface area contributed by atoms with Crippen molar-refractivity contribution >= 4 is 0 Å². The molecular weight excluding hydrogens is 180 g/mol. The minimum atomic E-state index is -0.125. The van der Waals surface area contributed by atoms with E-state index < -0.39 is 0 Å². The van der Waals surface area contributed by atoms with Gasteiger partial charge in [0.2, 0.25) is 0 Å². The summed E-state index contributed by atoms with van der Waals surface area (Å²) in [7, 11) is 0. The van der Waals surface area contributed by atoms with Crippen molar-refractivity contribution in [2.24, 2.45) is 0 Å². The summed E-state index contributed by atoms with van der Waals surface area (Å²) in [5.41, 5.74) is 0.0493. The van der Waals surface area contributed by atoms with Crippen LogP contribution in [0.2, 0.25) is 0 Å². The van der Waals surface area contributed by atoms with Gasteiger partial charge in [-0.25, -0.2) is 0 Å². The second-order valence-electron chi connectivity index (χ2n) is 4.12. The number of aliphatic hydroxyl groups is 2. The first-order valence-corrected chi connectivity index (χ1v) is 5.33. The predicted molar refractivity (Wildman–Crippen MR) is 59.4 cm³/mol. The van der Waals surface area contributed by atoms with Gasteiger partial charge >= 0.3 is 0 Å². The van der Waals surface area contributed by atoms with Gasteiger partial charge in [-0.15, -0.1) is 0 Å². The van der Waals surface area contributed by atoms with Crippen molar-refractivity contribution in [3.63, 3.8) is 0 Å². The number of hydrogen-bond donors (Lipinski definition) is 2. The molecule has 88 valence electrons. The summed E-state index contributed by atoms with van der Waals surface area (Å²) in [6.07, 6.45) is 3.76. The van der Waals surface area contributed by atoms with Gasteiger partial charge in [0.25, 0.3) is 0 Å². The third-order valence-electron chi connectivity index (χ3n) is 1.38. The van der Waals surface area contributed by atoms with E-state index in [1.807, 2.05) is 0 Å². The van der Waals surface area contributed by atoms with E-state index in [4.69, 9.17) is 14.9 Å². The van der Waals surface area contributed by atoms with E-state index in [-0.39, 0.29) is 18.8 Å². The Morgan fingerprint density at radius 1 is 1.00 bits per heavy atom.